The highest BCUT2D eigenvalue weighted by Gasteiger charge is 2.27. The van der Waals surface area contributed by atoms with Gasteiger partial charge in [-0.25, -0.2) is 4.79 Å². The normalized spacial score (nSPS) is 20.4. The molecule has 3 aliphatic rings. The van der Waals surface area contributed by atoms with Gasteiger partial charge in [0.2, 0.25) is 5.91 Å². The zero-order chi connectivity index (χ0) is 20.2. The maximum atomic E-state index is 11.9. The summed E-state index contributed by atoms with van der Waals surface area (Å²) in [6.07, 6.45) is 5.18. The van der Waals surface area contributed by atoms with Crippen LogP contribution in [-0.4, -0.2) is 55.3 Å². The van der Waals surface area contributed by atoms with Crippen molar-refractivity contribution in [3.63, 3.8) is 0 Å². The van der Waals surface area contributed by atoms with Crippen LogP contribution in [0.3, 0.4) is 0 Å². The average molecular weight is 438 g/mol. The number of carbonyl (C=O) groups is 2. The molecule has 30 heavy (non-hydrogen) atoms. The SMILES string of the molecule is CC(COc1cccc2c1CCC(=O)N2)N1CCC(NC(=O)OCC2CC2)CC1.Cl. The van der Waals surface area contributed by atoms with Crippen molar-refractivity contribution in [3.8, 4) is 5.75 Å². The van der Waals surface area contributed by atoms with Crippen LogP contribution >= 0.6 is 12.4 Å². The van der Waals surface area contributed by atoms with E-state index in [9.17, 15) is 9.59 Å². The lowest BCUT2D eigenvalue weighted by Crippen LogP contribution is -2.48. The summed E-state index contributed by atoms with van der Waals surface area (Å²) >= 11 is 0. The Morgan fingerprint density at radius 2 is 2.00 bits per heavy atom. The molecule has 1 aromatic rings. The van der Waals surface area contributed by atoms with Gasteiger partial charge in [-0.15, -0.1) is 12.4 Å². The summed E-state index contributed by atoms with van der Waals surface area (Å²) < 4.78 is 11.4. The van der Waals surface area contributed by atoms with Gasteiger partial charge in [0.05, 0.1) is 6.61 Å². The Morgan fingerprint density at radius 1 is 1.23 bits per heavy atom. The van der Waals surface area contributed by atoms with Crippen molar-refractivity contribution in [1.82, 2.24) is 10.2 Å². The number of carbonyl (C=O) groups excluding carboxylic acids is 2. The number of rotatable bonds is 7. The molecule has 1 saturated heterocycles. The van der Waals surface area contributed by atoms with Crippen molar-refractivity contribution < 1.29 is 19.1 Å². The van der Waals surface area contributed by atoms with Crippen LogP contribution in [0.1, 0.15) is 44.6 Å². The van der Waals surface area contributed by atoms with E-state index in [1.54, 1.807) is 0 Å². The van der Waals surface area contributed by atoms with Crippen LogP contribution in [0.2, 0.25) is 0 Å². The second-order valence-corrected chi connectivity index (χ2v) is 8.49. The quantitative estimate of drug-likeness (QED) is 0.683. The number of fused-ring (bicyclic) bond motifs is 1. The van der Waals surface area contributed by atoms with Gasteiger partial charge in [0.25, 0.3) is 0 Å². The number of hydrogen-bond acceptors (Lipinski definition) is 5. The fourth-order valence-electron chi connectivity index (χ4n) is 4.01. The Morgan fingerprint density at radius 3 is 2.73 bits per heavy atom. The monoisotopic (exact) mass is 437 g/mol. The lowest BCUT2D eigenvalue weighted by molar-refractivity contribution is -0.116. The Kier molecular flexibility index (Phi) is 7.83. The van der Waals surface area contributed by atoms with Gasteiger partial charge < -0.3 is 20.1 Å². The van der Waals surface area contributed by atoms with Crippen molar-refractivity contribution in [2.75, 3.05) is 31.6 Å². The van der Waals surface area contributed by atoms with Gasteiger partial charge in [-0.3, -0.25) is 9.69 Å². The third-order valence-electron chi connectivity index (χ3n) is 6.11. The summed E-state index contributed by atoms with van der Waals surface area (Å²) in [7, 11) is 0. The van der Waals surface area contributed by atoms with E-state index in [0.717, 1.165) is 49.4 Å². The number of alkyl carbamates (subject to hydrolysis) is 1. The Balaban J connectivity index is 0.00000256. The molecule has 8 heteroatoms. The smallest absolute Gasteiger partial charge is 0.407 e. The molecule has 2 heterocycles. The summed E-state index contributed by atoms with van der Waals surface area (Å²) in [5.41, 5.74) is 1.96. The number of benzene rings is 1. The molecule has 0 radical (unpaired) electrons. The van der Waals surface area contributed by atoms with E-state index in [1.165, 1.54) is 12.8 Å². The largest absolute Gasteiger partial charge is 0.492 e. The standard InChI is InChI=1S/C22H31N3O4.ClH/c1-15(13-28-20-4-2-3-19-18(20)7-8-21(26)24-19)25-11-9-17(10-12-25)23-22(27)29-14-16-5-6-16;/h2-4,15-17H,5-14H2,1H3,(H,23,27)(H,24,26);1H. The van der Waals surface area contributed by atoms with E-state index in [4.69, 9.17) is 9.47 Å². The summed E-state index contributed by atoms with van der Waals surface area (Å²) in [6.45, 7) is 5.20. The predicted molar refractivity (Wildman–Crippen MR) is 117 cm³/mol. The first-order chi connectivity index (χ1) is 14.1. The maximum Gasteiger partial charge on any atom is 0.407 e. The van der Waals surface area contributed by atoms with Crippen LogP contribution in [-0.2, 0) is 16.0 Å². The molecule has 1 atom stereocenters. The number of anilines is 1. The molecule has 0 bridgehead atoms. The van der Waals surface area contributed by atoms with Crippen molar-refractivity contribution in [2.45, 2.75) is 57.5 Å². The third-order valence-corrected chi connectivity index (χ3v) is 6.11. The number of halogens is 1. The fourth-order valence-corrected chi connectivity index (χ4v) is 4.01. The maximum absolute atomic E-state index is 11.9. The fraction of sp³-hybridized carbons (Fsp3) is 0.636. The highest BCUT2D eigenvalue weighted by atomic mass is 35.5. The van der Waals surface area contributed by atoms with Crippen LogP contribution in [0.15, 0.2) is 18.2 Å². The van der Waals surface area contributed by atoms with E-state index in [2.05, 4.69) is 22.5 Å². The van der Waals surface area contributed by atoms with Crippen LogP contribution in [0.25, 0.3) is 0 Å². The van der Waals surface area contributed by atoms with Gasteiger partial charge in [-0.1, -0.05) is 6.07 Å². The Hall–Kier alpha value is -1.99. The van der Waals surface area contributed by atoms with E-state index in [0.29, 0.717) is 25.6 Å². The zero-order valence-corrected chi connectivity index (χ0v) is 18.3. The van der Waals surface area contributed by atoms with Gasteiger partial charge in [-0.05, 0) is 57.1 Å². The first kappa shape index (κ1) is 22.7. The minimum absolute atomic E-state index is 0. The molecular weight excluding hydrogens is 406 g/mol. The molecule has 2 amide bonds. The number of likely N-dealkylation sites (tertiary alicyclic amines) is 1. The number of amides is 2. The van der Waals surface area contributed by atoms with Gasteiger partial charge in [-0.2, -0.15) is 0 Å². The number of nitrogens with one attached hydrogen (secondary N) is 2. The van der Waals surface area contributed by atoms with E-state index < -0.39 is 0 Å². The number of piperidine rings is 1. The third kappa shape index (κ3) is 6.01. The lowest BCUT2D eigenvalue weighted by atomic mass is 10.0. The van der Waals surface area contributed by atoms with Gasteiger partial charge in [0.15, 0.2) is 0 Å². The average Bonchev–Trinajstić information content (AvgIpc) is 3.55. The van der Waals surface area contributed by atoms with Crippen molar-refractivity contribution in [3.05, 3.63) is 23.8 Å². The van der Waals surface area contributed by atoms with Gasteiger partial charge >= 0.3 is 6.09 Å². The highest BCUT2D eigenvalue weighted by Crippen LogP contribution is 2.31. The van der Waals surface area contributed by atoms with Crippen LogP contribution in [0.4, 0.5) is 10.5 Å². The van der Waals surface area contributed by atoms with Crippen LogP contribution in [0.5, 0.6) is 5.75 Å². The molecule has 2 N–H and O–H groups in total. The molecular formula is C22H32ClN3O4. The summed E-state index contributed by atoms with van der Waals surface area (Å²) in [4.78, 5) is 25.8. The second-order valence-electron chi connectivity index (χ2n) is 8.49. The molecule has 1 saturated carbocycles. The topological polar surface area (TPSA) is 79.9 Å². The number of ether oxygens (including phenoxy) is 2. The predicted octanol–water partition coefficient (Wildman–Crippen LogP) is 3.36. The molecule has 2 aliphatic heterocycles. The molecule has 4 rings (SSSR count). The van der Waals surface area contributed by atoms with Crippen molar-refractivity contribution in [2.24, 2.45) is 5.92 Å². The lowest BCUT2D eigenvalue weighted by Gasteiger charge is -2.36. The van der Waals surface area contributed by atoms with E-state index in [-0.39, 0.29) is 36.5 Å². The van der Waals surface area contributed by atoms with E-state index in [1.807, 2.05) is 18.2 Å². The highest BCUT2D eigenvalue weighted by molar-refractivity contribution is 5.94. The number of nitrogens with zero attached hydrogens (tertiary/aromatic N) is 1. The van der Waals surface area contributed by atoms with Gasteiger partial charge in [0, 0.05) is 42.8 Å². The molecule has 1 aromatic carbocycles. The van der Waals surface area contributed by atoms with Crippen LogP contribution in [0, 0.1) is 5.92 Å². The molecule has 1 aliphatic carbocycles. The molecule has 2 fully saturated rings. The first-order valence-electron chi connectivity index (χ1n) is 10.8. The van der Waals surface area contributed by atoms with Crippen molar-refractivity contribution in [1.29, 1.82) is 0 Å². The van der Waals surface area contributed by atoms with E-state index >= 15 is 0 Å². The Bertz CT molecular complexity index is 748. The first-order valence-corrected chi connectivity index (χ1v) is 10.8. The Labute approximate surface area is 184 Å². The minimum atomic E-state index is -0.271. The summed E-state index contributed by atoms with van der Waals surface area (Å²) in [5.74, 6) is 1.52. The summed E-state index contributed by atoms with van der Waals surface area (Å²) in [5, 5.41) is 5.92. The summed E-state index contributed by atoms with van der Waals surface area (Å²) in [6, 6.07) is 6.30. The van der Waals surface area contributed by atoms with Crippen molar-refractivity contribution >= 4 is 30.1 Å². The number of hydrogen-bond donors (Lipinski definition) is 2. The molecule has 1 unspecified atom stereocenters. The molecule has 0 spiro atoms. The molecule has 166 valence electrons. The second kappa shape index (κ2) is 10.4. The molecule has 0 aromatic heterocycles. The zero-order valence-electron chi connectivity index (χ0n) is 17.5. The molecule has 7 nitrogen and oxygen atoms in total. The minimum Gasteiger partial charge on any atom is -0.492 e. The van der Waals surface area contributed by atoms with Crippen LogP contribution < -0.4 is 15.4 Å². The van der Waals surface area contributed by atoms with Gasteiger partial charge in [0.1, 0.15) is 12.4 Å².